The summed E-state index contributed by atoms with van der Waals surface area (Å²) in [5.74, 6) is -0.462. The van der Waals surface area contributed by atoms with Crippen LogP contribution in [0.2, 0.25) is 0 Å². The highest BCUT2D eigenvalue weighted by Gasteiger charge is 2.39. The maximum Gasteiger partial charge on any atom is 0.296 e. The summed E-state index contributed by atoms with van der Waals surface area (Å²) >= 11 is 1.20. The Balaban J connectivity index is 1.50. The van der Waals surface area contributed by atoms with Crippen molar-refractivity contribution >= 4 is 45.8 Å². The summed E-state index contributed by atoms with van der Waals surface area (Å²) in [6.45, 7) is 0.358. The fourth-order valence-corrected chi connectivity index (χ4v) is 4.76. The number of carbonyl (C=O) groups excluding carboxylic acids is 2. The number of benzene rings is 2. The van der Waals surface area contributed by atoms with Crippen molar-refractivity contribution in [1.29, 1.82) is 0 Å². The number of para-hydroxylation sites is 1. The third-order valence-corrected chi connectivity index (χ3v) is 6.54. The molecule has 0 unspecified atom stereocenters. The largest absolute Gasteiger partial charge is 0.496 e. The summed E-state index contributed by atoms with van der Waals surface area (Å²) in [7, 11) is 1.40. The highest BCUT2D eigenvalue weighted by Crippen LogP contribution is 2.33. The number of aliphatic imine (C=N–C) groups is 1. The molecule has 1 saturated heterocycles. The van der Waals surface area contributed by atoms with Gasteiger partial charge in [-0.05, 0) is 36.4 Å². The van der Waals surface area contributed by atoms with E-state index in [0.29, 0.717) is 29.6 Å². The third kappa shape index (κ3) is 6.05. The van der Waals surface area contributed by atoms with Gasteiger partial charge in [0.15, 0.2) is 5.17 Å². The number of ether oxygens (including phenoxy) is 1. The van der Waals surface area contributed by atoms with Gasteiger partial charge in [-0.2, -0.15) is 0 Å². The first-order valence-corrected chi connectivity index (χ1v) is 12.0. The number of nitro groups is 1. The van der Waals surface area contributed by atoms with Gasteiger partial charge in [-0.15, -0.1) is 0 Å². The fourth-order valence-electron chi connectivity index (χ4n) is 3.58. The zero-order valence-corrected chi connectivity index (χ0v) is 20.2. The molecule has 0 spiro atoms. The minimum absolute atomic E-state index is 0.0337. The Labute approximate surface area is 211 Å². The molecule has 10 nitrogen and oxygen atoms in total. The zero-order valence-electron chi connectivity index (χ0n) is 19.4. The summed E-state index contributed by atoms with van der Waals surface area (Å²) in [6, 6.07) is 19.0. The molecule has 2 heterocycles. The molecular formula is C25H23N5O5S. The molecular weight excluding hydrogens is 482 g/mol. The van der Waals surface area contributed by atoms with Crippen molar-refractivity contribution in [1.82, 2.24) is 9.88 Å². The van der Waals surface area contributed by atoms with E-state index in [1.807, 2.05) is 48.5 Å². The number of nitrogens with zero attached hydrogens (tertiary/aromatic N) is 4. The van der Waals surface area contributed by atoms with Crippen LogP contribution in [0.4, 0.5) is 17.1 Å². The molecule has 2 amide bonds. The van der Waals surface area contributed by atoms with Crippen LogP contribution in [-0.2, 0) is 16.0 Å². The molecule has 1 N–H and O–H groups in total. The number of amidine groups is 1. The van der Waals surface area contributed by atoms with Crippen LogP contribution in [0.5, 0.6) is 5.75 Å². The monoisotopic (exact) mass is 505 g/mol. The van der Waals surface area contributed by atoms with Crippen molar-refractivity contribution in [3.63, 3.8) is 0 Å². The highest BCUT2D eigenvalue weighted by molar-refractivity contribution is 8.15. The predicted octanol–water partition coefficient (Wildman–Crippen LogP) is 4.20. The first-order chi connectivity index (χ1) is 17.4. The number of amides is 2. The Morgan fingerprint density at radius 3 is 2.67 bits per heavy atom. The number of hydrogen-bond acceptors (Lipinski definition) is 8. The van der Waals surface area contributed by atoms with Gasteiger partial charge in [-0.1, -0.05) is 36.0 Å². The van der Waals surface area contributed by atoms with Crippen LogP contribution in [0.1, 0.15) is 12.1 Å². The van der Waals surface area contributed by atoms with Gasteiger partial charge in [-0.25, -0.2) is 4.99 Å². The standard InChI is InChI=1S/C25H23N5O5S/c1-35-19-10-11-20(21(15-19)30(33)34)28-23(31)16-22-24(32)29(14-12-17-7-5-6-13-26-17)25(36-22)27-18-8-3-2-4-9-18/h2-11,13,15,22H,12,14,16H2,1H3,(H,28,31)/t22-/m0/s1. The number of aromatic nitrogens is 1. The molecule has 36 heavy (non-hydrogen) atoms. The van der Waals surface area contributed by atoms with E-state index in [1.54, 1.807) is 11.1 Å². The van der Waals surface area contributed by atoms with Gasteiger partial charge < -0.3 is 10.1 Å². The minimum Gasteiger partial charge on any atom is -0.496 e. The molecule has 1 fully saturated rings. The third-order valence-electron chi connectivity index (χ3n) is 5.37. The second-order valence-corrected chi connectivity index (χ2v) is 8.96. The Bertz CT molecular complexity index is 1290. The summed E-state index contributed by atoms with van der Waals surface area (Å²) < 4.78 is 5.03. The maximum atomic E-state index is 13.3. The number of pyridine rings is 1. The molecule has 1 atom stereocenters. The summed E-state index contributed by atoms with van der Waals surface area (Å²) in [4.78, 5) is 47.4. The van der Waals surface area contributed by atoms with Crippen LogP contribution < -0.4 is 10.1 Å². The maximum absolute atomic E-state index is 13.3. The predicted molar refractivity (Wildman–Crippen MR) is 137 cm³/mol. The van der Waals surface area contributed by atoms with Gasteiger partial charge >= 0.3 is 0 Å². The number of rotatable bonds is 9. The van der Waals surface area contributed by atoms with E-state index in [2.05, 4.69) is 15.3 Å². The normalized spacial score (nSPS) is 16.2. The quantitative estimate of drug-likeness (QED) is 0.341. The van der Waals surface area contributed by atoms with Crippen LogP contribution in [0.25, 0.3) is 0 Å². The van der Waals surface area contributed by atoms with E-state index in [1.165, 1.54) is 37.1 Å². The lowest BCUT2D eigenvalue weighted by atomic mass is 10.2. The first kappa shape index (κ1) is 24.9. The lowest BCUT2D eigenvalue weighted by Gasteiger charge is -2.16. The molecule has 1 aromatic heterocycles. The van der Waals surface area contributed by atoms with Gasteiger partial charge in [0.2, 0.25) is 11.8 Å². The molecule has 0 saturated carbocycles. The number of thioether (sulfide) groups is 1. The number of methoxy groups -OCH3 is 1. The Hall–Kier alpha value is -4.25. The molecule has 4 rings (SSSR count). The van der Waals surface area contributed by atoms with Gasteiger partial charge in [-0.3, -0.25) is 29.6 Å². The highest BCUT2D eigenvalue weighted by atomic mass is 32.2. The molecule has 1 aliphatic heterocycles. The topological polar surface area (TPSA) is 127 Å². The first-order valence-electron chi connectivity index (χ1n) is 11.1. The Kier molecular flexibility index (Phi) is 7.91. The molecule has 2 aromatic carbocycles. The van der Waals surface area contributed by atoms with Gasteiger partial charge in [0.25, 0.3) is 5.69 Å². The number of carbonyl (C=O) groups is 2. The van der Waals surface area contributed by atoms with Gasteiger partial charge in [0, 0.05) is 31.3 Å². The molecule has 0 aliphatic carbocycles. The Morgan fingerprint density at radius 2 is 1.97 bits per heavy atom. The van der Waals surface area contributed by atoms with Crippen LogP contribution in [0.15, 0.2) is 77.9 Å². The van der Waals surface area contributed by atoms with Crippen molar-refractivity contribution in [2.24, 2.45) is 4.99 Å². The second-order valence-electron chi connectivity index (χ2n) is 7.79. The smallest absolute Gasteiger partial charge is 0.296 e. The van der Waals surface area contributed by atoms with E-state index in [-0.39, 0.29) is 23.7 Å². The van der Waals surface area contributed by atoms with E-state index < -0.39 is 16.1 Å². The average molecular weight is 506 g/mol. The zero-order chi connectivity index (χ0) is 25.5. The van der Waals surface area contributed by atoms with Crippen molar-refractivity contribution in [2.45, 2.75) is 18.1 Å². The molecule has 184 valence electrons. The van der Waals surface area contributed by atoms with Gasteiger partial charge in [0.05, 0.1) is 23.8 Å². The lowest BCUT2D eigenvalue weighted by Crippen LogP contribution is -2.35. The number of nitrogens with one attached hydrogen (secondary N) is 1. The van der Waals surface area contributed by atoms with Crippen molar-refractivity contribution < 1.29 is 19.2 Å². The van der Waals surface area contributed by atoms with Gasteiger partial charge in [0.1, 0.15) is 16.7 Å². The average Bonchev–Trinajstić information content (AvgIpc) is 3.17. The summed E-state index contributed by atoms with van der Waals surface area (Å²) in [5.41, 5.74) is 1.26. The summed E-state index contributed by atoms with van der Waals surface area (Å²) in [5, 5.41) is 13.8. The Morgan fingerprint density at radius 1 is 1.19 bits per heavy atom. The fraction of sp³-hybridized carbons (Fsp3) is 0.200. The van der Waals surface area contributed by atoms with Crippen LogP contribution in [0, 0.1) is 10.1 Å². The van der Waals surface area contributed by atoms with E-state index in [4.69, 9.17) is 4.74 Å². The number of hydrogen-bond donors (Lipinski definition) is 1. The van der Waals surface area contributed by atoms with Crippen molar-refractivity contribution in [3.05, 3.63) is 88.7 Å². The van der Waals surface area contributed by atoms with E-state index in [0.717, 1.165) is 5.69 Å². The molecule has 3 aromatic rings. The molecule has 11 heteroatoms. The second kappa shape index (κ2) is 11.5. The molecule has 0 radical (unpaired) electrons. The summed E-state index contributed by atoms with van der Waals surface area (Å²) in [6.07, 6.45) is 2.05. The minimum atomic E-state index is -0.714. The lowest BCUT2D eigenvalue weighted by molar-refractivity contribution is -0.384. The van der Waals surface area contributed by atoms with E-state index in [9.17, 15) is 19.7 Å². The van der Waals surface area contributed by atoms with Crippen LogP contribution >= 0.6 is 11.8 Å². The van der Waals surface area contributed by atoms with Crippen LogP contribution in [-0.4, -0.2) is 50.7 Å². The van der Waals surface area contributed by atoms with E-state index >= 15 is 0 Å². The molecule has 0 bridgehead atoms. The van der Waals surface area contributed by atoms with Crippen LogP contribution in [0.3, 0.4) is 0 Å². The van der Waals surface area contributed by atoms with Crippen molar-refractivity contribution in [3.8, 4) is 5.75 Å². The van der Waals surface area contributed by atoms with Crippen molar-refractivity contribution in [2.75, 3.05) is 19.0 Å². The number of nitro benzene ring substituents is 1. The SMILES string of the molecule is COc1ccc(NC(=O)C[C@@H]2SC(=Nc3ccccc3)N(CCc3ccccn3)C2=O)c([N+](=O)[O-])c1. The molecule has 1 aliphatic rings. The number of anilines is 1.